The molecule has 1 unspecified atom stereocenters. The molecule has 3 rings (SSSR count). The average molecular weight is 308 g/mol. The second kappa shape index (κ2) is 6.44. The zero-order chi connectivity index (χ0) is 14.8. The third-order valence-corrected chi connectivity index (χ3v) is 5.08. The number of likely N-dealkylation sites (tertiary alicyclic amines) is 1. The smallest absolute Gasteiger partial charge is 0.194 e. The van der Waals surface area contributed by atoms with E-state index in [-0.39, 0.29) is 0 Å². The normalized spacial score (nSPS) is 19.9. The number of fused-ring (bicyclic) bond motifs is 1. The van der Waals surface area contributed by atoms with Crippen LogP contribution in [0.5, 0.6) is 0 Å². The Bertz CT molecular complexity index is 606. The summed E-state index contributed by atoms with van der Waals surface area (Å²) in [5.41, 5.74) is 2.44. The molecule has 1 fully saturated rings. The minimum Gasteiger partial charge on any atom is -0.383 e. The number of methoxy groups -OCH3 is 1. The fraction of sp³-hybridized carbons (Fsp3) is 0.667. The van der Waals surface area contributed by atoms with Gasteiger partial charge in [0.1, 0.15) is 0 Å². The van der Waals surface area contributed by atoms with Crippen LogP contribution < -0.4 is 5.32 Å². The van der Waals surface area contributed by atoms with E-state index in [2.05, 4.69) is 39.6 Å². The van der Waals surface area contributed by atoms with Gasteiger partial charge in [-0.2, -0.15) is 0 Å². The topological polar surface area (TPSA) is 41.8 Å². The van der Waals surface area contributed by atoms with Gasteiger partial charge < -0.3 is 10.1 Å². The molecule has 21 heavy (non-hydrogen) atoms. The van der Waals surface area contributed by atoms with Gasteiger partial charge in [-0.15, -0.1) is 11.3 Å². The Morgan fingerprint density at radius 3 is 3.14 bits per heavy atom. The van der Waals surface area contributed by atoms with Gasteiger partial charge in [-0.25, -0.2) is 4.98 Å². The van der Waals surface area contributed by atoms with Crippen molar-refractivity contribution in [1.82, 2.24) is 19.6 Å². The lowest BCUT2D eigenvalue weighted by Crippen LogP contribution is -2.33. The van der Waals surface area contributed by atoms with E-state index >= 15 is 0 Å². The van der Waals surface area contributed by atoms with Crippen molar-refractivity contribution < 1.29 is 4.74 Å². The summed E-state index contributed by atoms with van der Waals surface area (Å²) >= 11 is 1.76. The molecule has 0 saturated carbocycles. The highest BCUT2D eigenvalue weighted by atomic mass is 32.1. The number of aryl methyl sites for hydroxylation is 2. The Hall–Kier alpha value is -0.950. The van der Waals surface area contributed by atoms with Crippen LogP contribution in [0.2, 0.25) is 0 Å². The van der Waals surface area contributed by atoms with E-state index in [1.165, 1.54) is 23.5 Å². The maximum atomic E-state index is 5.15. The molecule has 5 nitrogen and oxygen atoms in total. The third kappa shape index (κ3) is 3.29. The van der Waals surface area contributed by atoms with Crippen molar-refractivity contribution in [2.45, 2.75) is 32.9 Å². The van der Waals surface area contributed by atoms with Crippen LogP contribution in [0.15, 0.2) is 6.20 Å². The first-order valence-electron chi connectivity index (χ1n) is 7.56. The minimum atomic E-state index is 0.575. The molecular weight excluding hydrogens is 284 g/mol. The summed E-state index contributed by atoms with van der Waals surface area (Å²) in [4.78, 5) is 9.53. The van der Waals surface area contributed by atoms with Crippen LogP contribution in [-0.2, 0) is 11.3 Å². The molecule has 0 aromatic carbocycles. The third-order valence-electron chi connectivity index (χ3n) is 4.18. The Morgan fingerprint density at radius 1 is 1.48 bits per heavy atom. The lowest BCUT2D eigenvalue weighted by atomic mass is 10.2. The number of nitrogens with zero attached hydrogens (tertiary/aromatic N) is 3. The summed E-state index contributed by atoms with van der Waals surface area (Å²) in [5, 5.41) is 3.69. The Balaban J connectivity index is 1.58. The molecule has 2 aromatic heterocycles. The number of ether oxygens (including phenoxy) is 1. The van der Waals surface area contributed by atoms with Gasteiger partial charge in [0.2, 0.25) is 0 Å². The van der Waals surface area contributed by atoms with Crippen molar-refractivity contribution in [3.05, 3.63) is 22.5 Å². The molecule has 0 radical (unpaired) electrons. The van der Waals surface area contributed by atoms with Crippen LogP contribution in [0.3, 0.4) is 0 Å². The summed E-state index contributed by atoms with van der Waals surface area (Å²) < 4.78 is 7.39. The first-order valence-corrected chi connectivity index (χ1v) is 8.37. The monoisotopic (exact) mass is 308 g/mol. The molecule has 1 aliphatic rings. The van der Waals surface area contributed by atoms with Gasteiger partial charge >= 0.3 is 0 Å². The van der Waals surface area contributed by atoms with Crippen LogP contribution in [0.25, 0.3) is 4.96 Å². The molecule has 1 atom stereocenters. The zero-order valence-electron chi connectivity index (χ0n) is 13.1. The lowest BCUT2D eigenvalue weighted by molar-refractivity contribution is 0.159. The van der Waals surface area contributed by atoms with E-state index in [0.29, 0.717) is 6.04 Å². The van der Waals surface area contributed by atoms with Gasteiger partial charge in [0.05, 0.1) is 18.0 Å². The van der Waals surface area contributed by atoms with Gasteiger partial charge in [0, 0.05) is 43.9 Å². The molecule has 1 N–H and O–H groups in total. The van der Waals surface area contributed by atoms with E-state index in [0.717, 1.165) is 36.9 Å². The molecule has 0 amide bonds. The fourth-order valence-corrected chi connectivity index (χ4v) is 3.88. The molecule has 1 aliphatic heterocycles. The average Bonchev–Trinajstić information content (AvgIpc) is 3.10. The molecule has 0 spiro atoms. The highest BCUT2D eigenvalue weighted by molar-refractivity contribution is 7.17. The Labute approximate surface area is 129 Å². The summed E-state index contributed by atoms with van der Waals surface area (Å²) in [7, 11) is 1.77. The van der Waals surface area contributed by atoms with E-state index < -0.39 is 0 Å². The number of aromatic nitrogens is 2. The van der Waals surface area contributed by atoms with Crippen LogP contribution in [-0.4, -0.2) is 53.7 Å². The SMILES string of the molecule is COCCN1CCC(NCc2c(C)nc3sc(C)cn23)C1. The minimum absolute atomic E-state index is 0.575. The number of nitrogens with one attached hydrogen (secondary N) is 1. The second-order valence-corrected chi connectivity index (χ2v) is 7.01. The standard InChI is InChI=1S/C15H24N4OS/c1-11-9-19-14(12(2)17-15(19)21-11)8-16-13-4-5-18(10-13)6-7-20-3/h9,13,16H,4-8,10H2,1-3H3. The molecule has 0 bridgehead atoms. The molecule has 0 aliphatic carbocycles. The molecule has 3 heterocycles. The largest absolute Gasteiger partial charge is 0.383 e. The number of imidazole rings is 1. The quantitative estimate of drug-likeness (QED) is 0.884. The second-order valence-electron chi connectivity index (χ2n) is 5.80. The van der Waals surface area contributed by atoms with Gasteiger partial charge in [-0.3, -0.25) is 9.30 Å². The van der Waals surface area contributed by atoms with E-state index in [1.807, 2.05) is 0 Å². The van der Waals surface area contributed by atoms with Crippen molar-refractivity contribution in [1.29, 1.82) is 0 Å². The van der Waals surface area contributed by atoms with Gasteiger partial charge in [-0.1, -0.05) is 0 Å². The summed E-state index contributed by atoms with van der Waals surface area (Å²) in [6.07, 6.45) is 3.41. The molecule has 1 saturated heterocycles. The van der Waals surface area contributed by atoms with Crippen molar-refractivity contribution in [3.63, 3.8) is 0 Å². The Morgan fingerprint density at radius 2 is 2.33 bits per heavy atom. The molecule has 116 valence electrons. The van der Waals surface area contributed by atoms with Gasteiger partial charge in [0.25, 0.3) is 0 Å². The number of rotatable bonds is 6. The highest BCUT2D eigenvalue weighted by Gasteiger charge is 2.22. The highest BCUT2D eigenvalue weighted by Crippen LogP contribution is 2.21. The summed E-state index contributed by atoms with van der Waals surface area (Å²) in [5.74, 6) is 0. The van der Waals surface area contributed by atoms with E-state index in [9.17, 15) is 0 Å². The maximum Gasteiger partial charge on any atom is 0.194 e. The number of hydrogen-bond donors (Lipinski definition) is 1. The summed E-state index contributed by atoms with van der Waals surface area (Å²) in [6.45, 7) is 9.28. The first kappa shape index (κ1) is 15.0. The van der Waals surface area contributed by atoms with Crippen molar-refractivity contribution in [3.8, 4) is 0 Å². The first-order chi connectivity index (χ1) is 10.2. The van der Waals surface area contributed by atoms with Gasteiger partial charge in [0.15, 0.2) is 4.96 Å². The van der Waals surface area contributed by atoms with Crippen molar-refractivity contribution in [2.24, 2.45) is 0 Å². The maximum absolute atomic E-state index is 5.15. The van der Waals surface area contributed by atoms with E-state index in [1.54, 1.807) is 18.4 Å². The van der Waals surface area contributed by atoms with Crippen LogP contribution in [0.4, 0.5) is 0 Å². The predicted octanol–water partition coefficient (Wildman–Crippen LogP) is 1.82. The van der Waals surface area contributed by atoms with Crippen molar-refractivity contribution >= 4 is 16.3 Å². The lowest BCUT2D eigenvalue weighted by Gasteiger charge is -2.16. The molecule has 6 heteroatoms. The van der Waals surface area contributed by atoms with Gasteiger partial charge in [-0.05, 0) is 26.8 Å². The summed E-state index contributed by atoms with van der Waals surface area (Å²) in [6, 6.07) is 0.575. The number of thiazole rings is 1. The van der Waals surface area contributed by atoms with Crippen LogP contribution >= 0.6 is 11.3 Å². The molecular formula is C15H24N4OS. The van der Waals surface area contributed by atoms with E-state index in [4.69, 9.17) is 4.74 Å². The van der Waals surface area contributed by atoms with Crippen LogP contribution in [0, 0.1) is 13.8 Å². The Kier molecular flexibility index (Phi) is 4.59. The van der Waals surface area contributed by atoms with Crippen molar-refractivity contribution in [2.75, 3.05) is 33.4 Å². The predicted molar refractivity (Wildman–Crippen MR) is 86.1 cm³/mol. The fourth-order valence-electron chi connectivity index (χ4n) is 2.99. The number of hydrogen-bond acceptors (Lipinski definition) is 5. The molecule has 2 aromatic rings. The zero-order valence-corrected chi connectivity index (χ0v) is 13.9. The van der Waals surface area contributed by atoms with Crippen LogP contribution in [0.1, 0.15) is 22.7 Å².